The van der Waals surface area contributed by atoms with Crippen LogP contribution >= 0.6 is 11.3 Å². The minimum absolute atomic E-state index is 0.291. The number of hydrogen-bond donors (Lipinski definition) is 1. The van der Waals surface area contributed by atoms with E-state index in [4.69, 9.17) is 9.47 Å². The predicted octanol–water partition coefficient (Wildman–Crippen LogP) is 5.03. The first-order valence-corrected chi connectivity index (χ1v) is 8.71. The zero-order valence-electron chi connectivity index (χ0n) is 14.6. The maximum absolute atomic E-state index is 14.0. The molecule has 0 aliphatic heterocycles. The van der Waals surface area contributed by atoms with Crippen LogP contribution in [-0.4, -0.2) is 19.2 Å². The summed E-state index contributed by atoms with van der Waals surface area (Å²) in [4.78, 5) is 5.30. The highest BCUT2D eigenvalue weighted by Gasteiger charge is 2.14. The second-order valence-corrected chi connectivity index (χ2v) is 6.79. The smallest absolute Gasteiger partial charge is 0.183 e. The first-order valence-electron chi connectivity index (χ1n) is 7.89. The van der Waals surface area contributed by atoms with Crippen LogP contribution in [0.1, 0.15) is 10.4 Å². The molecule has 2 aromatic carbocycles. The number of aromatic nitrogens is 1. The lowest BCUT2D eigenvalue weighted by Crippen LogP contribution is -2.00. The summed E-state index contributed by atoms with van der Waals surface area (Å²) in [6.07, 6.45) is 0. The summed E-state index contributed by atoms with van der Waals surface area (Å²) in [5, 5.41) is 3.89. The Morgan fingerprint density at radius 1 is 1.04 bits per heavy atom. The molecule has 0 aliphatic rings. The van der Waals surface area contributed by atoms with E-state index < -0.39 is 11.6 Å². The molecular weight excluding hydrogens is 358 g/mol. The maximum atomic E-state index is 14.0. The highest BCUT2D eigenvalue weighted by molar-refractivity contribution is 7.16. The van der Waals surface area contributed by atoms with E-state index in [0.717, 1.165) is 16.5 Å². The zero-order chi connectivity index (χ0) is 18.7. The van der Waals surface area contributed by atoms with E-state index in [2.05, 4.69) is 10.3 Å². The largest absolute Gasteiger partial charge is 0.493 e. The van der Waals surface area contributed by atoms with Crippen LogP contribution in [0.2, 0.25) is 0 Å². The number of nitrogens with one attached hydrogen (secondary N) is 1. The average Bonchev–Trinajstić information content (AvgIpc) is 3.00. The standard InChI is InChI=1S/C19H18F2N2O2S/c1-11-18(14-6-5-13(20)9-15(14)21)23-19(26-11)22-10-12-4-7-16(24-2)17(8-12)25-3/h4-9H,10H2,1-3H3,(H,22,23). The van der Waals surface area contributed by atoms with E-state index in [-0.39, 0.29) is 0 Å². The molecule has 0 radical (unpaired) electrons. The highest BCUT2D eigenvalue weighted by Crippen LogP contribution is 2.33. The third kappa shape index (κ3) is 3.77. The number of aryl methyl sites for hydroxylation is 1. The number of hydrogen-bond acceptors (Lipinski definition) is 5. The van der Waals surface area contributed by atoms with Gasteiger partial charge in [-0.1, -0.05) is 6.07 Å². The van der Waals surface area contributed by atoms with Gasteiger partial charge in [0, 0.05) is 23.1 Å². The molecule has 0 bridgehead atoms. The molecular formula is C19H18F2N2O2S. The van der Waals surface area contributed by atoms with Gasteiger partial charge in [0.25, 0.3) is 0 Å². The van der Waals surface area contributed by atoms with Crippen molar-refractivity contribution in [1.82, 2.24) is 4.98 Å². The van der Waals surface area contributed by atoms with Crippen LogP contribution in [0.25, 0.3) is 11.3 Å². The number of benzene rings is 2. The molecule has 0 atom stereocenters. The summed E-state index contributed by atoms with van der Waals surface area (Å²) in [7, 11) is 3.17. The zero-order valence-corrected chi connectivity index (χ0v) is 15.4. The van der Waals surface area contributed by atoms with E-state index in [1.165, 1.54) is 23.5 Å². The van der Waals surface area contributed by atoms with Crippen LogP contribution in [0.5, 0.6) is 11.5 Å². The minimum atomic E-state index is -0.621. The van der Waals surface area contributed by atoms with Crippen LogP contribution in [0, 0.1) is 18.6 Å². The molecule has 26 heavy (non-hydrogen) atoms. The second kappa shape index (κ2) is 7.70. The van der Waals surface area contributed by atoms with Crippen molar-refractivity contribution < 1.29 is 18.3 Å². The molecule has 0 spiro atoms. The van der Waals surface area contributed by atoms with Crippen molar-refractivity contribution in [3.63, 3.8) is 0 Å². The second-order valence-electron chi connectivity index (χ2n) is 5.59. The number of rotatable bonds is 6. The Balaban J connectivity index is 1.78. The number of methoxy groups -OCH3 is 2. The topological polar surface area (TPSA) is 43.4 Å². The summed E-state index contributed by atoms with van der Waals surface area (Å²) in [6.45, 7) is 2.38. The normalized spacial score (nSPS) is 10.7. The Bertz CT molecular complexity index is 928. The third-order valence-electron chi connectivity index (χ3n) is 3.87. The Morgan fingerprint density at radius 2 is 1.81 bits per heavy atom. The van der Waals surface area contributed by atoms with Crippen molar-refractivity contribution in [2.45, 2.75) is 13.5 Å². The molecule has 0 saturated heterocycles. The Morgan fingerprint density at radius 3 is 2.50 bits per heavy atom. The molecule has 3 rings (SSSR count). The molecule has 4 nitrogen and oxygen atoms in total. The van der Waals surface area contributed by atoms with Crippen molar-refractivity contribution in [2.75, 3.05) is 19.5 Å². The van der Waals surface area contributed by atoms with E-state index in [0.29, 0.717) is 34.4 Å². The van der Waals surface area contributed by atoms with Gasteiger partial charge in [-0.2, -0.15) is 0 Å². The summed E-state index contributed by atoms with van der Waals surface area (Å²) >= 11 is 1.42. The van der Waals surface area contributed by atoms with Crippen LogP contribution in [0.4, 0.5) is 13.9 Å². The molecule has 0 aliphatic carbocycles. The van der Waals surface area contributed by atoms with Gasteiger partial charge in [0.1, 0.15) is 11.6 Å². The average molecular weight is 376 g/mol. The highest BCUT2D eigenvalue weighted by atomic mass is 32.1. The van der Waals surface area contributed by atoms with Gasteiger partial charge in [0.05, 0.1) is 19.9 Å². The van der Waals surface area contributed by atoms with E-state index in [9.17, 15) is 8.78 Å². The summed E-state index contributed by atoms with van der Waals surface area (Å²) in [6, 6.07) is 9.15. The molecule has 0 unspecified atom stereocenters. The van der Waals surface area contributed by atoms with Gasteiger partial charge in [-0.25, -0.2) is 13.8 Å². The molecule has 3 aromatic rings. The summed E-state index contributed by atoms with van der Waals surface area (Å²) in [5.74, 6) is 0.0855. The Hall–Kier alpha value is -2.67. The third-order valence-corrected chi connectivity index (χ3v) is 4.80. The van der Waals surface area contributed by atoms with Crippen molar-refractivity contribution in [3.8, 4) is 22.8 Å². The van der Waals surface area contributed by atoms with E-state index in [1.807, 2.05) is 25.1 Å². The van der Waals surface area contributed by atoms with Gasteiger partial charge in [-0.05, 0) is 36.8 Å². The van der Waals surface area contributed by atoms with Gasteiger partial charge in [-0.3, -0.25) is 0 Å². The molecule has 136 valence electrons. The van der Waals surface area contributed by atoms with Gasteiger partial charge < -0.3 is 14.8 Å². The lowest BCUT2D eigenvalue weighted by Gasteiger charge is -2.09. The lowest BCUT2D eigenvalue weighted by atomic mass is 10.1. The fourth-order valence-electron chi connectivity index (χ4n) is 2.57. The van der Waals surface area contributed by atoms with E-state index in [1.54, 1.807) is 14.2 Å². The van der Waals surface area contributed by atoms with Crippen molar-refractivity contribution in [2.24, 2.45) is 0 Å². The van der Waals surface area contributed by atoms with Gasteiger partial charge in [0.2, 0.25) is 0 Å². The van der Waals surface area contributed by atoms with Gasteiger partial charge in [-0.15, -0.1) is 11.3 Å². The van der Waals surface area contributed by atoms with Crippen LogP contribution in [0.15, 0.2) is 36.4 Å². The van der Waals surface area contributed by atoms with Crippen LogP contribution < -0.4 is 14.8 Å². The first-order chi connectivity index (χ1) is 12.5. The molecule has 1 N–H and O–H groups in total. The van der Waals surface area contributed by atoms with Crippen molar-refractivity contribution >= 4 is 16.5 Å². The molecule has 0 saturated carbocycles. The summed E-state index contributed by atoms with van der Waals surface area (Å²) < 4.78 is 37.6. The predicted molar refractivity (Wildman–Crippen MR) is 99.1 cm³/mol. The fourth-order valence-corrected chi connectivity index (χ4v) is 3.40. The Kier molecular flexibility index (Phi) is 5.37. The number of halogens is 2. The monoisotopic (exact) mass is 376 g/mol. The molecule has 1 aromatic heterocycles. The van der Waals surface area contributed by atoms with Gasteiger partial charge >= 0.3 is 0 Å². The minimum Gasteiger partial charge on any atom is -0.493 e. The number of nitrogens with zero attached hydrogens (tertiary/aromatic N) is 1. The van der Waals surface area contributed by atoms with Crippen molar-refractivity contribution in [3.05, 3.63) is 58.5 Å². The SMILES string of the molecule is COc1ccc(CNc2nc(-c3ccc(F)cc3F)c(C)s2)cc1OC. The van der Waals surface area contributed by atoms with Crippen LogP contribution in [0.3, 0.4) is 0 Å². The Labute approximate surface area is 154 Å². The molecule has 7 heteroatoms. The van der Waals surface area contributed by atoms with Crippen LogP contribution in [-0.2, 0) is 6.54 Å². The number of thiazole rings is 1. The van der Waals surface area contributed by atoms with E-state index >= 15 is 0 Å². The molecule has 0 fully saturated rings. The number of ether oxygens (including phenoxy) is 2. The molecule has 1 heterocycles. The lowest BCUT2D eigenvalue weighted by molar-refractivity contribution is 0.354. The first kappa shape index (κ1) is 18.1. The van der Waals surface area contributed by atoms with Crippen molar-refractivity contribution in [1.29, 1.82) is 0 Å². The van der Waals surface area contributed by atoms with Gasteiger partial charge in [0.15, 0.2) is 16.6 Å². The number of anilines is 1. The molecule has 0 amide bonds. The fraction of sp³-hybridized carbons (Fsp3) is 0.211. The summed E-state index contributed by atoms with van der Waals surface area (Å²) in [5.41, 5.74) is 1.80. The maximum Gasteiger partial charge on any atom is 0.183 e. The quantitative estimate of drug-likeness (QED) is 0.656.